The molecular weight excluding hydrogens is 174 g/mol. The lowest BCUT2D eigenvalue weighted by atomic mass is 10.2. The summed E-state index contributed by atoms with van der Waals surface area (Å²) in [7, 11) is 0. The molecule has 0 amide bonds. The van der Waals surface area contributed by atoms with Crippen molar-refractivity contribution in [2.24, 2.45) is 4.99 Å². The quantitative estimate of drug-likeness (QED) is 0.616. The fraction of sp³-hybridized carbons (Fsp3) is 0.500. The van der Waals surface area contributed by atoms with Crippen molar-refractivity contribution in [3.8, 4) is 0 Å². The fourth-order valence-electron chi connectivity index (χ4n) is 0.877. The second-order valence-electron chi connectivity index (χ2n) is 3.47. The van der Waals surface area contributed by atoms with E-state index in [0.717, 1.165) is 18.4 Å². The van der Waals surface area contributed by atoms with Gasteiger partial charge in [-0.2, -0.15) is 0 Å². The zero-order chi connectivity index (χ0) is 11.0. The number of nitrogens with zero attached hydrogens (tertiary/aromatic N) is 1. The van der Waals surface area contributed by atoms with E-state index in [9.17, 15) is 4.79 Å². The van der Waals surface area contributed by atoms with Crippen molar-refractivity contribution in [2.45, 2.75) is 40.5 Å². The third kappa shape index (κ3) is 6.35. The Morgan fingerprint density at radius 3 is 2.36 bits per heavy atom. The second-order valence-corrected chi connectivity index (χ2v) is 3.47. The standard InChI is InChI=1S/C12H19NO/c1-5-6-7-8-13-12(11(4)14)9-10(2)3/h7-9H,5-6H2,1-4H3/b8-7+,13-12+. The predicted molar refractivity (Wildman–Crippen MR) is 61.6 cm³/mol. The third-order valence-electron chi connectivity index (χ3n) is 1.56. The molecule has 0 rings (SSSR count). The molecule has 0 saturated carbocycles. The Morgan fingerprint density at radius 2 is 1.93 bits per heavy atom. The molecule has 0 heterocycles. The molecule has 0 aromatic rings. The molecule has 0 unspecified atom stereocenters. The van der Waals surface area contributed by atoms with E-state index in [0.29, 0.717) is 5.71 Å². The van der Waals surface area contributed by atoms with Crippen LogP contribution < -0.4 is 0 Å². The summed E-state index contributed by atoms with van der Waals surface area (Å²) in [4.78, 5) is 15.2. The second kappa shape index (κ2) is 7.25. The SMILES string of the molecule is CCC/C=C/N=C(\C=C(C)C)C(C)=O. The van der Waals surface area contributed by atoms with Crippen LogP contribution in [-0.4, -0.2) is 11.5 Å². The van der Waals surface area contributed by atoms with Crippen molar-refractivity contribution in [3.05, 3.63) is 23.9 Å². The van der Waals surface area contributed by atoms with Crippen LogP contribution in [0.3, 0.4) is 0 Å². The van der Waals surface area contributed by atoms with Gasteiger partial charge in [-0.05, 0) is 26.3 Å². The monoisotopic (exact) mass is 193 g/mol. The molecule has 0 atom stereocenters. The number of carbonyl (C=O) groups excluding carboxylic acids is 1. The van der Waals surface area contributed by atoms with E-state index in [2.05, 4.69) is 11.9 Å². The van der Waals surface area contributed by atoms with E-state index in [4.69, 9.17) is 0 Å². The van der Waals surface area contributed by atoms with Crippen LogP contribution in [0.4, 0.5) is 0 Å². The Balaban J connectivity index is 4.50. The maximum absolute atomic E-state index is 11.1. The van der Waals surface area contributed by atoms with Gasteiger partial charge in [0.1, 0.15) is 5.71 Å². The molecule has 0 aromatic carbocycles. The number of unbranched alkanes of at least 4 members (excludes halogenated alkanes) is 1. The molecule has 0 radical (unpaired) electrons. The fourth-order valence-corrected chi connectivity index (χ4v) is 0.877. The number of carbonyl (C=O) groups is 1. The molecule has 0 aliphatic carbocycles. The number of hydrogen-bond acceptors (Lipinski definition) is 2. The summed E-state index contributed by atoms with van der Waals surface area (Å²) in [6, 6.07) is 0. The van der Waals surface area contributed by atoms with Crippen LogP contribution in [0.2, 0.25) is 0 Å². The molecule has 0 aliphatic rings. The Labute approximate surface area is 86.4 Å². The van der Waals surface area contributed by atoms with Gasteiger partial charge in [-0.3, -0.25) is 9.79 Å². The van der Waals surface area contributed by atoms with Crippen LogP contribution in [0.15, 0.2) is 28.9 Å². The van der Waals surface area contributed by atoms with Crippen LogP contribution in [-0.2, 0) is 4.79 Å². The molecule has 14 heavy (non-hydrogen) atoms. The van der Waals surface area contributed by atoms with Crippen LogP contribution in [0.5, 0.6) is 0 Å². The van der Waals surface area contributed by atoms with Crippen molar-refractivity contribution >= 4 is 11.5 Å². The summed E-state index contributed by atoms with van der Waals surface area (Å²) in [5.74, 6) is 0.00680. The van der Waals surface area contributed by atoms with E-state index in [1.54, 1.807) is 12.3 Å². The number of aliphatic imine (C=N–C) groups is 1. The van der Waals surface area contributed by atoms with Gasteiger partial charge in [0.25, 0.3) is 0 Å². The van der Waals surface area contributed by atoms with Gasteiger partial charge >= 0.3 is 0 Å². The highest BCUT2D eigenvalue weighted by Gasteiger charge is 1.99. The van der Waals surface area contributed by atoms with E-state index in [1.807, 2.05) is 19.9 Å². The first-order chi connectivity index (χ1) is 6.57. The predicted octanol–water partition coefficient (Wildman–Crippen LogP) is 3.30. The molecule has 0 fully saturated rings. The van der Waals surface area contributed by atoms with Crippen molar-refractivity contribution in [1.29, 1.82) is 0 Å². The van der Waals surface area contributed by atoms with Crippen LogP contribution in [0.1, 0.15) is 40.5 Å². The number of rotatable bonds is 5. The van der Waals surface area contributed by atoms with Crippen LogP contribution in [0, 0.1) is 0 Å². The zero-order valence-corrected chi connectivity index (χ0v) is 9.50. The number of ketones is 1. The smallest absolute Gasteiger partial charge is 0.178 e. The molecule has 2 nitrogen and oxygen atoms in total. The summed E-state index contributed by atoms with van der Waals surface area (Å²) in [5, 5.41) is 0. The van der Waals surface area contributed by atoms with E-state index >= 15 is 0 Å². The van der Waals surface area contributed by atoms with Crippen molar-refractivity contribution in [1.82, 2.24) is 0 Å². The van der Waals surface area contributed by atoms with Gasteiger partial charge in [0, 0.05) is 13.1 Å². The number of allylic oxidation sites excluding steroid dienone is 3. The lowest BCUT2D eigenvalue weighted by Gasteiger charge is -1.94. The summed E-state index contributed by atoms with van der Waals surface area (Å²) in [6.07, 6.45) is 7.59. The Morgan fingerprint density at radius 1 is 1.29 bits per heavy atom. The number of hydrogen-bond donors (Lipinski definition) is 0. The maximum atomic E-state index is 11.1. The Kier molecular flexibility index (Phi) is 6.63. The lowest BCUT2D eigenvalue weighted by Crippen LogP contribution is -2.06. The lowest BCUT2D eigenvalue weighted by molar-refractivity contribution is -0.111. The molecule has 0 N–H and O–H groups in total. The highest BCUT2D eigenvalue weighted by Crippen LogP contribution is 1.95. The molecule has 78 valence electrons. The summed E-state index contributed by atoms with van der Waals surface area (Å²) in [5.41, 5.74) is 1.61. The molecule has 0 bridgehead atoms. The molecular formula is C12H19NO. The highest BCUT2D eigenvalue weighted by molar-refractivity contribution is 6.43. The van der Waals surface area contributed by atoms with Gasteiger partial charge in [-0.25, -0.2) is 0 Å². The van der Waals surface area contributed by atoms with Gasteiger partial charge in [0.05, 0.1) is 0 Å². The topological polar surface area (TPSA) is 29.4 Å². The van der Waals surface area contributed by atoms with Crippen LogP contribution >= 0.6 is 0 Å². The van der Waals surface area contributed by atoms with E-state index in [1.165, 1.54) is 6.92 Å². The van der Waals surface area contributed by atoms with Gasteiger partial charge in [-0.15, -0.1) is 0 Å². The molecule has 0 saturated heterocycles. The first-order valence-electron chi connectivity index (χ1n) is 4.96. The number of Topliss-reactive ketones (excluding diaryl/α,β-unsaturated/α-hetero) is 1. The minimum atomic E-state index is 0.00680. The summed E-state index contributed by atoms with van der Waals surface area (Å²) >= 11 is 0. The van der Waals surface area contributed by atoms with E-state index < -0.39 is 0 Å². The Hall–Kier alpha value is -1.18. The van der Waals surface area contributed by atoms with Crippen molar-refractivity contribution in [2.75, 3.05) is 0 Å². The zero-order valence-electron chi connectivity index (χ0n) is 9.50. The van der Waals surface area contributed by atoms with Crippen molar-refractivity contribution in [3.63, 3.8) is 0 Å². The summed E-state index contributed by atoms with van der Waals surface area (Å²) in [6.45, 7) is 7.55. The van der Waals surface area contributed by atoms with Gasteiger partial charge in [0.2, 0.25) is 0 Å². The van der Waals surface area contributed by atoms with Gasteiger partial charge < -0.3 is 0 Å². The molecule has 2 heteroatoms. The first-order valence-corrected chi connectivity index (χ1v) is 4.96. The normalized spacial score (nSPS) is 11.9. The average Bonchev–Trinajstić information content (AvgIpc) is 2.09. The molecule has 0 aliphatic heterocycles. The highest BCUT2D eigenvalue weighted by atomic mass is 16.1. The first kappa shape index (κ1) is 12.8. The van der Waals surface area contributed by atoms with Crippen molar-refractivity contribution < 1.29 is 4.79 Å². The minimum absolute atomic E-state index is 0.00680. The molecule has 0 aromatic heterocycles. The van der Waals surface area contributed by atoms with E-state index in [-0.39, 0.29) is 5.78 Å². The van der Waals surface area contributed by atoms with Crippen LogP contribution in [0.25, 0.3) is 0 Å². The van der Waals surface area contributed by atoms with Gasteiger partial charge in [0.15, 0.2) is 5.78 Å². The van der Waals surface area contributed by atoms with Gasteiger partial charge in [-0.1, -0.05) is 25.0 Å². The molecule has 0 spiro atoms. The average molecular weight is 193 g/mol. The minimum Gasteiger partial charge on any atom is -0.293 e. The largest absolute Gasteiger partial charge is 0.293 e. The maximum Gasteiger partial charge on any atom is 0.178 e. The third-order valence-corrected chi connectivity index (χ3v) is 1.56. The Bertz CT molecular complexity index is 268. The summed E-state index contributed by atoms with van der Waals surface area (Å²) < 4.78 is 0.